The summed E-state index contributed by atoms with van der Waals surface area (Å²) in [5.74, 6) is -3.54. The molecule has 30 heavy (non-hydrogen) atoms. The second-order valence-electron chi connectivity index (χ2n) is 6.73. The third kappa shape index (κ3) is 6.33. The van der Waals surface area contributed by atoms with E-state index in [0.29, 0.717) is 0 Å². The Morgan fingerprint density at radius 2 is 1.73 bits per heavy atom. The molecule has 2 atom stereocenters. The Kier molecular flexibility index (Phi) is 7.50. The highest BCUT2D eigenvalue weighted by atomic mass is 16.2. The summed E-state index contributed by atoms with van der Waals surface area (Å²) in [6, 6.07) is 5.01. The topological polar surface area (TPSA) is 189 Å². The van der Waals surface area contributed by atoms with Crippen LogP contribution in [0.15, 0.2) is 30.5 Å². The molecule has 11 nitrogen and oxygen atoms in total. The van der Waals surface area contributed by atoms with Gasteiger partial charge in [-0.1, -0.05) is 18.2 Å². The van der Waals surface area contributed by atoms with Gasteiger partial charge in [0, 0.05) is 30.4 Å². The van der Waals surface area contributed by atoms with Crippen LogP contribution in [0.2, 0.25) is 0 Å². The summed E-state index contributed by atoms with van der Waals surface area (Å²) in [5, 5.41) is 7.91. The second kappa shape index (κ2) is 10.0. The van der Waals surface area contributed by atoms with Crippen LogP contribution in [-0.4, -0.2) is 53.1 Å². The number of hydrogen-bond acceptors (Lipinski definition) is 5. The quantitative estimate of drug-likeness (QED) is 0.265. The molecule has 1 aromatic carbocycles. The van der Waals surface area contributed by atoms with Crippen molar-refractivity contribution >= 4 is 40.4 Å². The number of nitrogens with two attached hydrogens (primary N) is 2. The van der Waals surface area contributed by atoms with Gasteiger partial charge in [-0.05, 0) is 11.6 Å². The van der Waals surface area contributed by atoms with Crippen LogP contribution in [0, 0.1) is 0 Å². The van der Waals surface area contributed by atoms with Crippen LogP contribution in [0.1, 0.15) is 18.9 Å². The lowest BCUT2D eigenvalue weighted by molar-refractivity contribution is -0.133. The van der Waals surface area contributed by atoms with Gasteiger partial charge >= 0.3 is 0 Å². The molecule has 8 N–H and O–H groups in total. The first-order valence-corrected chi connectivity index (χ1v) is 9.14. The van der Waals surface area contributed by atoms with E-state index in [2.05, 4.69) is 20.9 Å². The third-order valence-electron chi connectivity index (χ3n) is 4.31. The fourth-order valence-corrected chi connectivity index (χ4v) is 2.88. The number of aromatic nitrogens is 1. The molecule has 0 spiro atoms. The van der Waals surface area contributed by atoms with Gasteiger partial charge in [0.2, 0.25) is 29.5 Å². The maximum Gasteiger partial charge on any atom is 0.243 e. The van der Waals surface area contributed by atoms with Crippen LogP contribution < -0.4 is 27.4 Å². The number of carbonyl (C=O) groups is 5. The Bertz CT molecular complexity index is 969. The monoisotopic (exact) mass is 416 g/mol. The fourth-order valence-electron chi connectivity index (χ4n) is 2.88. The van der Waals surface area contributed by atoms with E-state index in [1.165, 1.54) is 6.92 Å². The van der Waals surface area contributed by atoms with Gasteiger partial charge in [0.15, 0.2) is 0 Å². The SMILES string of the molecule is CC(=O)NCC(=O)N[C@@H](CC(N)=O)C(=O)N[C@@H](Cc1c[nH]c2ccccc12)C(N)=O. The van der Waals surface area contributed by atoms with Crippen LogP contribution in [-0.2, 0) is 30.4 Å². The van der Waals surface area contributed by atoms with E-state index in [9.17, 15) is 24.0 Å². The standard InChI is InChI=1S/C19H24N6O5/c1-10(26)22-9-17(28)24-15(7-16(20)27)19(30)25-14(18(21)29)6-11-8-23-13-5-3-2-4-12(11)13/h2-5,8,14-15,23H,6-7,9H2,1H3,(H2,20,27)(H2,21,29)(H,22,26)(H,24,28)(H,25,30)/t14-,15-/m0/s1. The minimum absolute atomic E-state index is 0.105. The second-order valence-corrected chi connectivity index (χ2v) is 6.73. The van der Waals surface area contributed by atoms with E-state index in [1.54, 1.807) is 6.20 Å². The highest BCUT2D eigenvalue weighted by molar-refractivity contribution is 5.95. The molecule has 0 saturated heterocycles. The molecule has 0 bridgehead atoms. The largest absolute Gasteiger partial charge is 0.370 e. The molecule has 0 aliphatic heterocycles. The molecule has 0 radical (unpaired) electrons. The first kappa shape index (κ1) is 22.4. The molecular formula is C19H24N6O5. The number of primary amides is 2. The van der Waals surface area contributed by atoms with Crippen molar-refractivity contribution in [3.05, 3.63) is 36.0 Å². The van der Waals surface area contributed by atoms with Crippen LogP contribution in [0.4, 0.5) is 0 Å². The van der Waals surface area contributed by atoms with Gasteiger partial charge in [0.1, 0.15) is 12.1 Å². The number of carbonyl (C=O) groups excluding carboxylic acids is 5. The van der Waals surface area contributed by atoms with Gasteiger partial charge in [0.05, 0.1) is 13.0 Å². The molecule has 0 unspecified atom stereocenters. The molecule has 1 aromatic heterocycles. The Morgan fingerprint density at radius 3 is 2.37 bits per heavy atom. The van der Waals surface area contributed by atoms with Gasteiger partial charge in [0.25, 0.3) is 0 Å². The van der Waals surface area contributed by atoms with Crippen molar-refractivity contribution in [2.75, 3.05) is 6.54 Å². The summed E-state index contributed by atoms with van der Waals surface area (Å²) in [6.45, 7) is 0.843. The Balaban J connectivity index is 2.11. The molecule has 0 fully saturated rings. The van der Waals surface area contributed by atoms with E-state index in [4.69, 9.17) is 11.5 Å². The lowest BCUT2D eigenvalue weighted by Crippen LogP contribution is -2.55. The zero-order chi connectivity index (χ0) is 22.3. The molecule has 2 aromatic rings. The van der Waals surface area contributed by atoms with Gasteiger partial charge in [-0.3, -0.25) is 24.0 Å². The Morgan fingerprint density at radius 1 is 1.03 bits per heavy atom. The summed E-state index contributed by atoms with van der Waals surface area (Å²) in [7, 11) is 0. The molecule has 160 valence electrons. The first-order chi connectivity index (χ1) is 14.2. The fraction of sp³-hybridized carbons (Fsp3) is 0.316. The predicted molar refractivity (Wildman–Crippen MR) is 108 cm³/mol. The number of rotatable bonds is 10. The van der Waals surface area contributed by atoms with E-state index < -0.39 is 48.0 Å². The van der Waals surface area contributed by atoms with Crippen LogP contribution in [0.25, 0.3) is 10.9 Å². The minimum Gasteiger partial charge on any atom is -0.370 e. The third-order valence-corrected chi connectivity index (χ3v) is 4.31. The average Bonchev–Trinajstić information content (AvgIpc) is 3.08. The van der Waals surface area contributed by atoms with Crippen LogP contribution >= 0.6 is 0 Å². The number of nitrogens with one attached hydrogen (secondary N) is 4. The predicted octanol–water partition coefficient (Wildman–Crippen LogP) is -1.82. The van der Waals surface area contributed by atoms with Crippen molar-refractivity contribution in [2.24, 2.45) is 11.5 Å². The number of hydrogen-bond donors (Lipinski definition) is 6. The molecular weight excluding hydrogens is 392 g/mol. The van der Waals surface area contributed by atoms with E-state index >= 15 is 0 Å². The Labute approximate surface area is 171 Å². The van der Waals surface area contributed by atoms with Gasteiger partial charge in [-0.2, -0.15) is 0 Å². The van der Waals surface area contributed by atoms with Gasteiger partial charge in [-0.15, -0.1) is 0 Å². The van der Waals surface area contributed by atoms with E-state index in [-0.39, 0.29) is 13.0 Å². The van der Waals surface area contributed by atoms with Crippen molar-refractivity contribution in [1.82, 2.24) is 20.9 Å². The van der Waals surface area contributed by atoms with Gasteiger partial charge < -0.3 is 32.4 Å². The number of para-hydroxylation sites is 1. The average molecular weight is 416 g/mol. The van der Waals surface area contributed by atoms with Crippen LogP contribution in [0.5, 0.6) is 0 Å². The van der Waals surface area contributed by atoms with Crippen molar-refractivity contribution in [3.63, 3.8) is 0 Å². The highest BCUT2D eigenvalue weighted by Gasteiger charge is 2.27. The number of fused-ring (bicyclic) bond motifs is 1. The normalized spacial score (nSPS) is 12.6. The van der Waals surface area contributed by atoms with Crippen LogP contribution in [0.3, 0.4) is 0 Å². The molecule has 2 rings (SSSR count). The van der Waals surface area contributed by atoms with E-state index in [0.717, 1.165) is 16.5 Å². The summed E-state index contributed by atoms with van der Waals surface area (Å²) in [5.41, 5.74) is 12.2. The molecule has 0 saturated carbocycles. The maximum absolute atomic E-state index is 12.6. The van der Waals surface area contributed by atoms with Gasteiger partial charge in [-0.25, -0.2) is 0 Å². The summed E-state index contributed by atoms with van der Waals surface area (Å²) in [6.07, 6.45) is 1.33. The summed E-state index contributed by atoms with van der Waals surface area (Å²) >= 11 is 0. The lowest BCUT2D eigenvalue weighted by atomic mass is 10.0. The molecule has 5 amide bonds. The van der Waals surface area contributed by atoms with Crippen molar-refractivity contribution < 1.29 is 24.0 Å². The minimum atomic E-state index is -1.33. The van der Waals surface area contributed by atoms with Crippen molar-refractivity contribution in [3.8, 4) is 0 Å². The molecule has 0 aliphatic rings. The zero-order valence-corrected chi connectivity index (χ0v) is 16.4. The highest BCUT2D eigenvalue weighted by Crippen LogP contribution is 2.19. The summed E-state index contributed by atoms with van der Waals surface area (Å²) < 4.78 is 0. The molecule has 1 heterocycles. The zero-order valence-electron chi connectivity index (χ0n) is 16.4. The summed E-state index contributed by atoms with van der Waals surface area (Å²) in [4.78, 5) is 61.7. The maximum atomic E-state index is 12.6. The van der Waals surface area contributed by atoms with Crippen molar-refractivity contribution in [1.29, 1.82) is 0 Å². The van der Waals surface area contributed by atoms with Crippen molar-refractivity contribution in [2.45, 2.75) is 31.8 Å². The molecule has 11 heteroatoms. The Hall–Kier alpha value is -3.89. The number of benzene rings is 1. The first-order valence-electron chi connectivity index (χ1n) is 9.14. The smallest absolute Gasteiger partial charge is 0.243 e. The van der Waals surface area contributed by atoms with E-state index in [1.807, 2.05) is 24.3 Å². The number of aromatic amines is 1. The number of H-pyrrole nitrogens is 1. The molecule has 0 aliphatic carbocycles. The lowest BCUT2D eigenvalue weighted by Gasteiger charge is -2.21. The number of amides is 5.